The molecule has 136 valence electrons. The van der Waals surface area contributed by atoms with Gasteiger partial charge in [0.2, 0.25) is 0 Å². The summed E-state index contributed by atoms with van der Waals surface area (Å²) in [7, 11) is 0. The van der Waals surface area contributed by atoms with E-state index in [0.717, 1.165) is 17.7 Å². The van der Waals surface area contributed by atoms with Crippen molar-refractivity contribution in [3.63, 3.8) is 0 Å². The van der Waals surface area contributed by atoms with Crippen molar-refractivity contribution in [1.82, 2.24) is 4.98 Å². The molecule has 6 heteroatoms. The van der Waals surface area contributed by atoms with Crippen LogP contribution in [-0.2, 0) is 9.59 Å². The number of aryl methyl sites for hydroxylation is 1. The zero-order valence-electron chi connectivity index (χ0n) is 14.8. The molecule has 4 nitrogen and oxygen atoms in total. The van der Waals surface area contributed by atoms with E-state index in [1.54, 1.807) is 19.1 Å². The lowest BCUT2D eigenvalue weighted by Crippen LogP contribution is -2.35. The minimum Gasteiger partial charge on any atom is -0.491 e. The summed E-state index contributed by atoms with van der Waals surface area (Å²) in [6.45, 7) is 4.07. The second kappa shape index (κ2) is 6.58. The summed E-state index contributed by atoms with van der Waals surface area (Å²) in [6.07, 6.45) is 2.33. The summed E-state index contributed by atoms with van der Waals surface area (Å²) >= 11 is 1.39. The number of hydrogen-bond donors (Lipinski definition) is 0. The maximum absolute atomic E-state index is 14.2. The number of carbonyl (C=O) groups excluding carboxylic acids is 2. The Morgan fingerprint density at radius 1 is 1.23 bits per heavy atom. The predicted octanol–water partition coefficient (Wildman–Crippen LogP) is 4.31. The summed E-state index contributed by atoms with van der Waals surface area (Å²) in [5.74, 6) is -0.951. The van der Waals surface area contributed by atoms with Crippen LogP contribution >= 0.6 is 11.3 Å². The van der Waals surface area contributed by atoms with Crippen molar-refractivity contribution in [2.75, 3.05) is 6.61 Å². The average molecular weight is 373 g/mol. The van der Waals surface area contributed by atoms with Crippen molar-refractivity contribution < 1.29 is 18.7 Å². The van der Waals surface area contributed by atoms with E-state index < -0.39 is 11.7 Å². The van der Waals surface area contributed by atoms with E-state index in [9.17, 15) is 14.0 Å². The standard InChI is InChI=1S/C20H20FNO3S/c1-3-25-15-7-6-13(9-14(15)21)20-22-17(10(2)26-20)16-18(23)11-4-5-12(8-11)19(16)24/h6-7,9,11-12,16H,3-5,8H2,1-2H3/t11-,12+,16?. The maximum atomic E-state index is 14.2. The maximum Gasteiger partial charge on any atom is 0.165 e. The van der Waals surface area contributed by atoms with E-state index >= 15 is 0 Å². The third-order valence-electron chi connectivity index (χ3n) is 5.39. The van der Waals surface area contributed by atoms with Crippen molar-refractivity contribution in [2.24, 2.45) is 11.8 Å². The smallest absolute Gasteiger partial charge is 0.165 e. The van der Waals surface area contributed by atoms with E-state index in [1.165, 1.54) is 17.4 Å². The molecule has 2 aromatic rings. The zero-order chi connectivity index (χ0) is 18.4. The van der Waals surface area contributed by atoms with Crippen LogP contribution in [0.1, 0.15) is 42.7 Å². The zero-order valence-corrected chi connectivity index (χ0v) is 15.6. The summed E-state index contributed by atoms with van der Waals surface area (Å²) in [4.78, 5) is 30.9. The van der Waals surface area contributed by atoms with E-state index in [-0.39, 0.29) is 29.2 Å². The molecule has 0 aliphatic heterocycles. The lowest BCUT2D eigenvalue weighted by Gasteiger charge is -2.24. The number of fused-ring (bicyclic) bond motifs is 2. The van der Waals surface area contributed by atoms with Gasteiger partial charge in [-0.3, -0.25) is 9.59 Å². The second-order valence-corrected chi connectivity index (χ2v) is 8.19. The minimum absolute atomic E-state index is 0.00447. The number of hydrogen-bond acceptors (Lipinski definition) is 5. The first-order valence-electron chi connectivity index (χ1n) is 8.97. The number of halogens is 1. The van der Waals surface area contributed by atoms with Gasteiger partial charge in [0.15, 0.2) is 23.1 Å². The van der Waals surface area contributed by atoms with Gasteiger partial charge in [-0.1, -0.05) is 0 Å². The van der Waals surface area contributed by atoms with Crippen LogP contribution in [0.3, 0.4) is 0 Å². The van der Waals surface area contributed by atoms with Crippen LogP contribution in [0, 0.1) is 24.6 Å². The Kier molecular flexibility index (Phi) is 4.39. The number of thiazole rings is 1. The van der Waals surface area contributed by atoms with Gasteiger partial charge in [-0.15, -0.1) is 11.3 Å². The molecule has 0 spiro atoms. The Hall–Kier alpha value is -2.08. The topological polar surface area (TPSA) is 56.3 Å². The van der Waals surface area contributed by atoms with Crippen LogP contribution in [0.4, 0.5) is 4.39 Å². The van der Waals surface area contributed by atoms with E-state index in [4.69, 9.17) is 4.74 Å². The van der Waals surface area contributed by atoms with Crippen LogP contribution in [-0.4, -0.2) is 23.2 Å². The summed E-state index contributed by atoms with van der Waals surface area (Å²) < 4.78 is 19.4. The fourth-order valence-corrected chi connectivity index (χ4v) is 5.03. The number of aromatic nitrogens is 1. The van der Waals surface area contributed by atoms with Crippen molar-refractivity contribution in [3.05, 3.63) is 34.6 Å². The first-order valence-corrected chi connectivity index (χ1v) is 9.78. The van der Waals surface area contributed by atoms with Crippen molar-refractivity contribution >= 4 is 22.9 Å². The Labute approximate surface area is 155 Å². The quantitative estimate of drug-likeness (QED) is 0.750. The molecule has 1 aromatic carbocycles. The van der Waals surface area contributed by atoms with Gasteiger partial charge in [-0.05, 0) is 51.3 Å². The van der Waals surface area contributed by atoms with Gasteiger partial charge < -0.3 is 4.74 Å². The summed E-state index contributed by atoms with van der Waals surface area (Å²) in [5.41, 5.74) is 1.19. The largest absolute Gasteiger partial charge is 0.491 e. The first-order chi connectivity index (χ1) is 12.5. The molecule has 2 fully saturated rings. The molecule has 0 amide bonds. The highest BCUT2D eigenvalue weighted by Crippen LogP contribution is 2.45. The fourth-order valence-electron chi connectivity index (χ4n) is 4.09. The van der Waals surface area contributed by atoms with Crippen LogP contribution in [0.25, 0.3) is 10.6 Å². The number of Topliss-reactive ketones (excluding diaryl/α,β-unsaturated/α-hetero) is 2. The normalized spacial score (nSPS) is 25.0. The Bertz CT molecular complexity index is 869. The van der Waals surface area contributed by atoms with Gasteiger partial charge in [0.05, 0.1) is 12.3 Å². The number of nitrogens with zero attached hydrogens (tertiary/aromatic N) is 1. The number of ether oxygens (including phenoxy) is 1. The lowest BCUT2D eigenvalue weighted by atomic mass is 9.77. The van der Waals surface area contributed by atoms with Gasteiger partial charge in [0.25, 0.3) is 0 Å². The van der Waals surface area contributed by atoms with Gasteiger partial charge in [0, 0.05) is 22.3 Å². The lowest BCUT2D eigenvalue weighted by molar-refractivity contribution is -0.136. The molecule has 2 aliphatic carbocycles. The molecule has 0 saturated heterocycles. The molecule has 0 N–H and O–H groups in total. The average Bonchev–Trinajstić information content (AvgIpc) is 3.22. The molecule has 1 unspecified atom stereocenters. The summed E-state index contributed by atoms with van der Waals surface area (Å²) in [6, 6.07) is 4.73. The molecule has 26 heavy (non-hydrogen) atoms. The number of benzene rings is 1. The Morgan fingerprint density at radius 3 is 2.54 bits per heavy atom. The number of ketones is 2. The first kappa shape index (κ1) is 17.3. The molecule has 4 rings (SSSR count). The molecule has 1 aromatic heterocycles. The molecule has 2 aliphatic rings. The highest BCUT2D eigenvalue weighted by molar-refractivity contribution is 7.15. The van der Waals surface area contributed by atoms with Crippen LogP contribution in [0.5, 0.6) is 5.75 Å². The molecular formula is C20H20FNO3S. The molecule has 1 heterocycles. The Morgan fingerprint density at radius 2 is 1.92 bits per heavy atom. The summed E-state index contributed by atoms with van der Waals surface area (Å²) in [5, 5.41) is 0.623. The van der Waals surface area contributed by atoms with Gasteiger partial charge in [-0.2, -0.15) is 0 Å². The number of carbonyl (C=O) groups is 2. The van der Waals surface area contributed by atoms with Crippen LogP contribution in [0.2, 0.25) is 0 Å². The Balaban J connectivity index is 1.69. The van der Waals surface area contributed by atoms with Gasteiger partial charge in [0.1, 0.15) is 10.9 Å². The molecule has 2 saturated carbocycles. The van der Waals surface area contributed by atoms with E-state index in [0.29, 0.717) is 29.3 Å². The monoisotopic (exact) mass is 373 g/mol. The molecule has 3 atom stereocenters. The van der Waals surface area contributed by atoms with E-state index in [1.807, 2.05) is 6.92 Å². The van der Waals surface area contributed by atoms with Crippen molar-refractivity contribution in [2.45, 2.75) is 39.0 Å². The van der Waals surface area contributed by atoms with Gasteiger partial charge >= 0.3 is 0 Å². The van der Waals surface area contributed by atoms with E-state index in [2.05, 4.69) is 4.98 Å². The third-order valence-corrected chi connectivity index (χ3v) is 6.43. The SMILES string of the molecule is CCOc1ccc(-c2nc(C3C(=O)[C@@H]4CC[C@@H](C4)C3=O)c(C)s2)cc1F. The van der Waals surface area contributed by atoms with Crippen LogP contribution < -0.4 is 4.74 Å². The fraction of sp³-hybridized carbons (Fsp3) is 0.450. The predicted molar refractivity (Wildman–Crippen MR) is 97.0 cm³/mol. The minimum atomic E-state index is -0.737. The van der Waals surface area contributed by atoms with Crippen molar-refractivity contribution in [1.29, 1.82) is 0 Å². The molecule has 2 bridgehead atoms. The van der Waals surface area contributed by atoms with Crippen LogP contribution in [0.15, 0.2) is 18.2 Å². The second-order valence-electron chi connectivity index (χ2n) is 6.98. The highest BCUT2D eigenvalue weighted by atomic mass is 32.1. The van der Waals surface area contributed by atoms with Crippen molar-refractivity contribution in [3.8, 4) is 16.3 Å². The van der Waals surface area contributed by atoms with Gasteiger partial charge in [-0.25, -0.2) is 9.37 Å². The highest BCUT2D eigenvalue weighted by Gasteiger charge is 2.48. The molecular weight excluding hydrogens is 353 g/mol. The third kappa shape index (κ3) is 2.76. The number of rotatable bonds is 4. The molecule has 0 radical (unpaired) electrons.